The first-order valence-electron chi connectivity index (χ1n) is 10.3. The maximum absolute atomic E-state index is 12.2. The molecule has 0 saturated carbocycles. The quantitative estimate of drug-likeness (QED) is 0.202. The molecule has 35 heavy (non-hydrogen) atoms. The van der Waals surface area contributed by atoms with E-state index < -0.39 is 20.0 Å². The Morgan fingerprint density at radius 2 is 0.886 bits per heavy atom. The van der Waals surface area contributed by atoms with Crippen molar-refractivity contribution in [3.63, 3.8) is 0 Å². The number of halogens is 4. The smallest absolute Gasteiger partial charge is 0.336 e. The van der Waals surface area contributed by atoms with Gasteiger partial charge in [0.25, 0.3) is 0 Å². The maximum Gasteiger partial charge on any atom is 0.336 e. The first-order chi connectivity index (χ1) is 16.7. The molecule has 0 amide bonds. The third-order valence-electron chi connectivity index (χ3n) is 5.81. The fourth-order valence-electron chi connectivity index (χ4n) is 4.37. The predicted octanol–water partition coefficient (Wildman–Crippen LogP) is 5.51. The van der Waals surface area contributed by atoms with Crippen molar-refractivity contribution in [1.29, 1.82) is 0 Å². The van der Waals surface area contributed by atoms with E-state index in [2.05, 4.69) is 63.7 Å². The van der Waals surface area contributed by atoms with Crippen LogP contribution in [0.4, 0.5) is 0 Å². The summed E-state index contributed by atoms with van der Waals surface area (Å²) in [5.41, 5.74) is 0.238. The van der Waals surface area contributed by atoms with E-state index in [0.29, 0.717) is 17.9 Å². The molecule has 4 nitrogen and oxygen atoms in total. The minimum atomic E-state index is -3.35. The lowest BCUT2D eigenvalue weighted by atomic mass is 10.2. The molecule has 0 fully saturated rings. The van der Waals surface area contributed by atoms with Crippen LogP contribution in [0.5, 0.6) is 0 Å². The molecular formula is C26H16Br4O4Si. The summed E-state index contributed by atoms with van der Waals surface area (Å²) in [6.45, 7) is 0. The molecule has 0 aromatic heterocycles. The Bertz CT molecular complexity index is 1330. The summed E-state index contributed by atoms with van der Waals surface area (Å²) in [7, 11) is -3.35. The predicted molar refractivity (Wildman–Crippen MR) is 155 cm³/mol. The number of benzene rings is 4. The minimum Gasteiger partial charge on any atom is -0.478 e. The Labute approximate surface area is 236 Å². The molecule has 2 N–H and O–H groups in total. The average Bonchev–Trinajstić information content (AvgIpc) is 2.83. The number of carboxylic acid groups (broad SMARTS) is 2. The molecule has 0 unspecified atom stereocenters. The van der Waals surface area contributed by atoms with Gasteiger partial charge in [-0.05, 0) is 76.9 Å². The second kappa shape index (κ2) is 10.5. The first kappa shape index (κ1) is 26.0. The van der Waals surface area contributed by atoms with Crippen LogP contribution in [-0.2, 0) is 0 Å². The second-order valence-electron chi connectivity index (χ2n) is 7.66. The number of hydrogen-bond acceptors (Lipinski definition) is 2. The minimum absolute atomic E-state index is 0.119. The number of carboxylic acids is 2. The van der Waals surface area contributed by atoms with Gasteiger partial charge < -0.3 is 10.2 Å². The first-order valence-corrected chi connectivity index (χ1v) is 15.4. The number of hydrogen-bond donors (Lipinski definition) is 2. The zero-order valence-electron chi connectivity index (χ0n) is 17.8. The lowest BCUT2D eigenvalue weighted by Gasteiger charge is -2.37. The van der Waals surface area contributed by atoms with Crippen LogP contribution >= 0.6 is 63.7 Å². The topological polar surface area (TPSA) is 74.6 Å². The van der Waals surface area contributed by atoms with Crippen LogP contribution in [0.3, 0.4) is 0 Å². The highest BCUT2D eigenvalue weighted by Crippen LogP contribution is 2.30. The van der Waals surface area contributed by atoms with Crippen molar-refractivity contribution in [3.05, 3.63) is 114 Å². The second-order valence-corrected chi connectivity index (χ2v) is 14.6. The van der Waals surface area contributed by atoms with Crippen molar-refractivity contribution in [2.45, 2.75) is 0 Å². The van der Waals surface area contributed by atoms with Crippen LogP contribution in [0.1, 0.15) is 20.7 Å². The van der Waals surface area contributed by atoms with Crippen LogP contribution in [0.15, 0.2) is 103 Å². The third-order valence-corrected chi connectivity index (χ3v) is 15.2. The van der Waals surface area contributed by atoms with E-state index in [1.54, 1.807) is 24.3 Å². The molecule has 0 heterocycles. The average molecular weight is 740 g/mol. The molecule has 0 spiro atoms. The summed E-state index contributed by atoms with van der Waals surface area (Å²) in [4.78, 5) is 24.3. The molecule has 4 aromatic rings. The SMILES string of the molecule is O=C(O)c1ccc(Br)c([Si](c2ccccc2)(c2ccccc2)c2c(Br)ccc(C(=O)O)c2Br)c1Br. The van der Waals surface area contributed by atoms with Crippen molar-refractivity contribution in [1.82, 2.24) is 0 Å². The lowest BCUT2D eigenvalue weighted by molar-refractivity contribution is 0.0685. The van der Waals surface area contributed by atoms with E-state index in [4.69, 9.17) is 0 Å². The van der Waals surface area contributed by atoms with E-state index in [-0.39, 0.29) is 11.1 Å². The Balaban J connectivity index is 2.35. The normalized spacial score (nSPS) is 11.3. The Morgan fingerprint density at radius 1 is 0.543 bits per heavy atom. The fourth-order valence-corrected chi connectivity index (χ4v) is 15.1. The molecule has 176 valence electrons. The van der Waals surface area contributed by atoms with Gasteiger partial charge in [0.15, 0.2) is 8.07 Å². The molecular weight excluding hydrogens is 724 g/mol. The van der Waals surface area contributed by atoms with Crippen molar-refractivity contribution >= 4 is 104 Å². The van der Waals surface area contributed by atoms with Gasteiger partial charge in [-0.1, -0.05) is 92.5 Å². The molecule has 0 bridgehead atoms. The van der Waals surface area contributed by atoms with Gasteiger partial charge in [0, 0.05) is 17.9 Å². The van der Waals surface area contributed by atoms with Gasteiger partial charge in [-0.2, -0.15) is 0 Å². The molecule has 0 saturated heterocycles. The van der Waals surface area contributed by atoms with E-state index in [1.165, 1.54) is 0 Å². The van der Waals surface area contributed by atoms with Gasteiger partial charge in [0.2, 0.25) is 0 Å². The van der Waals surface area contributed by atoms with Crippen molar-refractivity contribution < 1.29 is 19.8 Å². The summed E-state index contributed by atoms with van der Waals surface area (Å²) in [5, 5.41) is 23.4. The molecule has 0 aliphatic rings. The molecule has 9 heteroatoms. The fraction of sp³-hybridized carbons (Fsp3) is 0. The summed E-state index contributed by atoms with van der Waals surface area (Å²) in [5.74, 6) is -2.13. The molecule has 0 aliphatic heterocycles. The van der Waals surface area contributed by atoms with Gasteiger partial charge >= 0.3 is 11.9 Å². The summed E-state index contributed by atoms with van der Waals surface area (Å²) in [6.07, 6.45) is 0. The Hall–Kier alpha value is -2.04. The van der Waals surface area contributed by atoms with Crippen LogP contribution in [0, 0.1) is 0 Å². The van der Waals surface area contributed by atoms with E-state index in [9.17, 15) is 19.8 Å². The van der Waals surface area contributed by atoms with E-state index >= 15 is 0 Å². The largest absolute Gasteiger partial charge is 0.478 e. The summed E-state index contributed by atoms with van der Waals surface area (Å²) < 4.78 is 2.32. The Kier molecular flexibility index (Phi) is 7.82. The van der Waals surface area contributed by atoms with Crippen LogP contribution in [0.25, 0.3) is 0 Å². The highest BCUT2D eigenvalue weighted by molar-refractivity contribution is 9.11. The number of carbonyl (C=O) groups is 2. The van der Waals surface area contributed by atoms with E-state index in [0.717, 1.165) is 20.7 Å². The highest BCUT2D eigenvalue weighted by atomic mass is 79.9. The Morgan fingerprint density at radius 3 is 1.20 bits per heavy atom. The molecule has 0 aliphatic carbocycles. The van der Waals surface area contributed by atoms with Crippen LogP contribution in [-0.4, -0.2) is 30.2 Å². The zero-order chi connectivity index (χ0) is 25.3. The van der Waals surface area contributed by atoms with Crippen molar-refractivity contribution in [3.8, 4) is 0 Å². The van der Waals surface area contributed by atoms with Gasteiger partial charge in [-0.3, -0.25) is 0 Å². The van der Waals surface area contributed by atoms with Crippen LogP contribution in [0.2, 0.25) is 0 Å². The maximum atomic E-state index is 12.2. The van der Waals surface area contributed by atoms with Crippen molar-refractivity contribution in [2.24, 2.45) is 0 Å². The zero-order valence-corrected chi connectivity index (χ0v) is 25.1. The van der Waals surface area contributed by atoms with Crippen molar-refractivity contribution in [2.75, 3.05) is 0 Å². The third kappa shape index (κ3) is 4.49. The molecule has 4 aromatic carbocycles. The molecule has 0 atom stereocenters. The monoisotopic (exact) mass is 736 g/mol. The van der Waals surface area contributed by atoms with Gasteiger partial charge in [0.1, 0.15) is 0 Å². The summed E-state index contributed by atoms with van der Waals surface area (Å²) >= 11 is 14.7. The highest BCUT2D eigenvalue weighted by Gasteiger charge is 2.47. The standard InChI is InChI=1S/C26H16Br4O4Si/c27-19-13-11-17(25(31)32)21(29)23(19)35(15-7-3-1-4-8-15,16-9-5-2-6-10-16)24-20(28)14-12-18(22(24)30)26(33)34/h1-14H,(H,31,32)(H,33,34). The van der Waals surface area contributed by atoms with Gasteiger partial charge in [0.05, 0.1) is 11.1 Å². The van der Waals surface area contributed by atoms with Gasteiger partial charge in [-0.25, -0.2) is 9.59 Å². The van der Waals surface area contributed by atoms with Crippen LogP contribution < -0.4 is 20.7 Å². The van der Waals surface area contributed by atoms with E-state index in [1.807, 2.05) is 60.7 Å². The molecule has 0 radical (unpaired) electrons. The summed E-state index contributed by atoms with van der Waals surface area (Å²) in [6, 6.07) is 26.2. The number of aromatic carboxylic acids is 2. The molecule has 4 rings (SSSR count). The number of rotatable bonds is 6. The van der Waals surface area contributed by atoms with Gasteiger partial charge in [-0.15, -0.1) is 0 Å². The lowest BCUT2D eigenvalue weighted by Crippen LogP contribution is -2.76.